The lowest BCUT2D eigenvalue weighted by Gasteiger charge is -2.07. The standard InChI is InChI=1S/C16H15FN2O5/c17-11-4-1-2-5-12(11)19-14(20)10-24-15(21)7-8-18-16(22)13-6-3-9-23-13/h1-6,9H,7-8,10H2,(H,18,22)(H,19,20). The summed E-state index contributed by atoms with van der Waals surface area (Å²) in [7, 11) is 0. The first kappa shape index (κ1) is 17.2. The average Bonchev–Trinajstić information content (AvgIpc) is 3.09. The SMILES string of the molecule is O=C(COC(=O)CCNC(=O)c1ccco1)Nc1ccccc1F. The van der Waals surface area contributed by atoms with Gasteiger partial charge in [0.15, 0.2) is 12.4 Å². The van der Waals surface area contributed by atoms with Gasteiger partial charge in [-0.15, -0.1) is 0 Å². The van der Waals surface area contributed by atoms with Gasteiger partial charge < -0.3 is 19.8 Å². The molecule has 24 heavy (non-hydrogen) atoms. The minimum Gasteiger partial charge on any atom is -0.459 e. The number of hydrogen-bond donors (Lipinski definition) is 2. The van der Waals surface area contributed by atoms with Crippen LogP contribution in [0.3, 0.4) is 0 Å². The van der Waals surface area contributed by atoms with Crippen LogP contribution in [0.1, 0.15) is 17.0 Å². The number of hydrogen-bond acceptors (Lipinski definition) is 5. The molecule has 0 bridgehead atoms. The Balaban J connectivity index is 1.65. The molecular weight excluding hydrogens is 319 g/mol. The molecule has 7 nitrogen and oxygen atoms in total. The third-order valence-corrected chi connectivity index (χ3v) is 2.87. The van der Waals surface area contributed by atoms with Crippen LogP contribution in [0.2, 0.25) is 0 Å². The highest BCUT2D eigenvalue weighted by Gasteiger charge is 2.11. The van der Waals surface area contributed by atoms with Crippen molar-refractivity contribution in [2.45, 2.75) is 6.42 Å². The summed E-state index contributed by atoms with van der Waals surface area (Å²) in [6.45, 7) is -0.507. The second kappa shape index (κ2) is 8.47. The maximum absolute atomic E-state index is 13.3. The number of nitrogens with one attached hydrogen (secondary N) is 2. The number of furan rings is 1. The molecule has 1 heterocycles. The molecule has 0 saturated heterocycles. The van der Waals surface area contributed by atoms with Crippen molar-refractivity contribution in [1.82, 2.24) is 5.32 Å². The summed E-state index contributed by atoms with van der Waals surface area (Å²) in [5.41, 5.74) is 0.00394. The van der Waals surface area contributed by atoms with E-state index in [1.807, 2.05) is 0 Å². The molecule has 8 heteroatoms. The number of carbonyl (C=O) groups excluding carboxylic acids is 3. The van der Waals surface area contributed by atoms with Crippen molar-refractivity contribution in [3.8, 4) is 0 Å². The Kier molecular flexibility index (Phi) is 6.07. The summed E-state index contributed by atoms with van der Waals surface area (Å²) in [6, 6.07) is 8.69. The monoisotopic (exact) mass is 334 g/mol. The maximum atomic E-state index is 13.3. The van der Waals surface area contributed by atoms with Gasteiger partial charge in [0, 0.05) is 6.54 Å². The molecule has 0 aliphatic rings. The van der Waals surface area contributed by atoms with E-state index in [2.05, 4.69) is 10.6 Å². The molecule has 0 radical (unpaired) electrons. The van der Waals surface area contributed by atoms with Gasteiger partial charge in [-0.1, -0.05) is 12.1 Å². The predicted octanol–water partition coefficient (Wildman–Crippen LogP) is 1.72. The van der Waals surface area contributed by atoms with E-state index >= 15 is 0 Å². The topological polar surface area (TPSA) is 97.6 Å². The molecule has 2 amide bonds. The first-order valence-corrected chi connectivity index (χ1v) is 7.08. The number of benzene rings is 1. The molecule has 2 aromatic rings. The van der Waals surface area contributed by atoms with Crippen LogP contribution < -0.4 is 10.6 Å². The van der Waals surface area contributed by atoms with Gasteiger partial charge in [0.1, 0.15) is 5.82 Å². The zero-order valence-electron chi connectivity index (χ0n) is 12.6. The number of esters is 1. The second-order valence-electron chi connectivity index (χ2n) is 4.67. The van der Waals surface area contributed by atoms with Crippen LogP contribution in [0.15, 0.2) is 47.1 Å². The van der Waals surface area contributed by atoms with Gasteiger partial charge in [-0.3, -0.25) is 14.4 Å². The highest BCUT2D eigenvalue weighted by molar-refractivity contribution is 5.93. The zero-order chi connectivity index (χ0) is 17.4. The Labute approximate surface area is 136 Å². The van der Waals surface area contributed by atoms with Crippen LogP contribution in [-0.2, 0) is 14.3 Å². The number of carbonyl (C=O) groups is 3. The van der Waals surface area contributed by atoms with Crippen molar-refractivity contribution >= 4 is 23.5 Å². The van der Waals surface area contributed by atoms with E-state index in [9.17, 15) is 18.8 Å². The van der Waals surface area contributed by atoms with Gasteiger partial charge in [0.25, 0.3) is 11.8 Å². The summed E-state index contributed by atoms with van der Waals surface area (Å²) < 4.78 is 23.0. The molecule has 126 valence electrons. The molecule has 0 aliphatic carbocycles. The van der Waals surface area contributed by atoms with E-state index in [1.165, 1.54) is 30.5 Å². The van der Waals surface area contributed by atoms with E-state index in [0.717, 1.165) is 0 Å². The molecular formula is C16H15FN2O5. The lowest BCUT2D eigenvalue weighted by atomic mass is 10.3. The van der Waals surface area contributed by atoms with Crippen molar-refractivity contribution in [2.24, 2.45) is 0 Å². The fourth-order valence-corrected chi connectivity index (χ4v) is 1.74. The normalized spacial score (nSPS) is 10.0. The second-order valence-corrected chi connectivity index (χ2v) is 4.67. The molecule has 2 N–H and O–H groups in total. The smallest absolute Gasteiger partial charge is 0.308 e. The maximum Gasteiger partial charge on any atom is 0.308 e. The van der Waals surface area contributed by atoms with Gasteiger partial charge in [0.2, 0.25) is 0 Å². The molecule has 0 fully saturated rings. The first-order valence-electron chi connectivity index (χ1n) is 7.08. The van der Waals surface area contributed by atoms with Crippen LogP contribution in [0.4, 0.5) is 10.1 Å². The van der Waals surface area contributed by atoms with Crippen LogP contribution in [0.25, 0.3) is 0 Å². The van der Waals surface area contributed by atoms with Gasteiger partial charge in [0.05, 0.1) is 18.4 Å². The zero-order valence-corrected chi connectivity index (χ0v) is 12.6. The van der Waals surface area contributed by atoms with Crippen LogP contribution in [0, 0.1) is 5.82 Å². The summed E-state index contributed by atoms with van der Waals surface area (Å²) in [4.78, 5) is 34.6. The minimum absolute atomic E-state index is 0.00394. The number of halogens is 1. The molecule has 0 spiro atoms. The molecule has 1 aromatic carbocycles. The van der Waals surface area contributed by atoms with Crippen molar-refractivity contribution in [3.63, 3.8) is 0 Å². The predicted molar refractivity (Wildman–Crippen MR) is 81.6 cm³/mol. The van der Waals surface area contributed by atoms with E-state index in [-0.39, 0.29) is 24.4 Å². The average molecular weight is 334 g/mol. The Hall–Kier alpha value is -3.16. The van der Waals surface area contributed by atoms with E-state index in [0.29, 0.717) is 0 Å². The van der Waals surface area contributed by atoms with Crippen molar-refractivity contribution < 1.29 is 27.9 Å². The summed E-state index contributed by atoms with van der Waals surface area (Å²) in [5.74, 6) is -2.23. The van der Waals surface area contributed by atoms with Gasteiger partial charge in [-0.25, -0.2) is 4.39 Å². The molecule has 1 aromatic heterocycles. The minimum atomic E-state index is -0.668. The Morgan fingerprint density at radius 2 is 1.92 bits per heavy atom. The van der Waals surface area contributed by atoms with E-state index < -0.39 is 30.2 Å². The van der Waals surface area contributed by atoms with Gasteiger partial charge in [-0.05, 0) is 24.3 Å². The van der Waals surface area contributed by atoms with Gasteiger partial charge in [-0.2, -0.15) is 0 Å². The number of amides is 2. The Bertz CT molecular complexity index is 715. The fourth-order valence-electron chi connectivity index (χ4n) is 1.74. The van der Waals surface area contributed by atoms with E-state index in [1.54, 1.807) is 12.1 Å². The van der Waals surface area contributed by atoms with Crippen LogP contribution in [-0.4, -0.2) is 30.9 Å². The lowest BCUT2D eigenvalue weighted by Crippen LogP contribution is -2.27. The summed E-state index contributed by atoms with van der Waals surface area (Å²) in [5, 5.41) is 4.75. The highest BCUT2D eigenvalue weighted by atomic mass is 19.1. The number of rotatable bonds is 7. The van der Waals surface area contributed by atoms with E-state index in [4.69, 9.17) is 9.15 Å². The van der Waals surface area contributed by atoms with Crippen LogP contribution in [0.5, 0.6) is 0 Å². The summed E-state index contributed by atoms with van der Waals surface area (Å²) >= 11 is 0. The summed E-state index contributed by atoms with van der Waals surface area (Å²) in [6.07, 6.45) is 1.25. The Morgan fingerprint density at radius 1 is 1.12 bits per heavy atom. The lowest BCUT2D eigenvalue weighted by molar-refractivity contribution is -0.147. The largest absolute Gasteiger partial charge is 0.459 e. The number of ether oxygens (including phenoxy) is 1. The van der Waals surface area contributed by atoms with Crippen molar-refractivity contribution in [1.29, 1.82) is 0 Å². The number of para-hydroxylation sites is 1. The highest BCUT2D eigenvalue weighted by Crippen LogP contribution is 2.11. The van der Waals surface area contributed by atoms with Crippen molar-refractivity contribution in [2.75, 3.05) is 18.5 Å². The molecule has 0 unspecified atom stereocenters. The first-order chi connectivity index (χ1) is 11.6. The fraction of sp³-hybridized carbons (Fsp3) is 0.188. The Morgan fingerprint density at radius 3 is 2.62 bits per heavy atom. The quantitative estimate of drug-likeness (QED) is 0.752. The third-order valence-electron chi connectivity index (χ3n) is 2.87. The van der Waals surface area contributed by atoms with Crippen molar-refractivity contribution in [3.05, 3.63) is 54.2 Å². The molecule has 0 aliphatic heterocycles. The molecule has 2 rings (SSSR count). The van der Waals surface area contributed by atoms with Crippen LogP contribution >= 0.6 is 0 Å². The third kappa shape index (κ3) is 5.24. The van der Waals surface area contributed by atoms with Gasteiger partial charge >= 0.3 is 5.97 Å². The number of anilines is 1. The molecule has 0 saturated carbocycles. The molecule has 0 atom stereocenters.